The summed E-state index contributed by atoms with van der Waals surface area (Å²) in [5.74, 6) is -0.576. The number of hydrogen-bond donors (Lipinski definition) is 5. The highest BCUT2D eigenvalue weighted by molar-refractivity contribution is 5.86. The summed E-state index contributed by atoms with van der Waals surface area (Å²) in [6, 6.07) is -0.706. The van der Waals surface area contributed by atoms with Crippen molar-refractivity contribution in [2.75, 3.05) is 6.61 Å². The molecule has 1 aliphatic carbocycles. The fourth-order valence-electron chi connectivity index (χ4n) is 6.20. The molecule has 0 aromatic rings. The lowest BCUT2D eigenvalue weighted by Crippen LogP contribution is -2.45. The van der Waals surface area contributed by atoms with Gasteiger partial charge in [-0.3, -0.25) is 9.59 Å². The zero-order valence-electron chi connectivity index (χ0n) is 28.1. The summed E-state index contributed by atoms with van der Waals surface area (Å²) in [4.78, 5) is 24.8. The topological polar surface area (TPSA) is 127 Å². The minimum atomic E-state index is -0.910. The van der Waals surface area contributed by atoms with Gasteiger partial charge in [0.2, 0.25) is 5.91 Å². The van der Waals surface area contributed by atoms with Crippen LogP contribution >= 0.6 is 0 Å². The van der Waals surface area contributed by atoms with Crippen LogP contribution in [0, 0.1) is 11.8 Å². The summed E-state index contributed by atoms with van der Waals surface area (Å²) in [6.45, 7) is 4.05. The molecule has 1 amide bonds. The first-order chi connectivity index (χ1) is 21.3. The summed E-state index contributed by atoms with van der Waals surface area (Å²) in [5, 5.41) is 43.5. The average Bonchev–Trinajstić information content (AvgIpc) is 3.28. The van der Waals surface area contributed by atoms with Crippen molar-refractivity contribution >= 4 is 11.7 Å². The number of ketones is 1. The molecule has 256 valence electrons. The second kappa shape index (κ2) is 26.7. The van der Waals surface area contributed by atoms with Gasteiger partial charge in [0.25, 0.3) is 0 Å². The molecular weight excluding hydrogens is 554 g/mol. The Hall–Kier alpha value is -1.54. The molecule has 7 heteroatoms. The molecule has 44 heavy (non-hydrogen) atoms. The molecular formula is C37H67NO6. The van der Waals surface area contributed by atoms with Gasteiger partial charge >= 0.3 is 0 Å². The van der Waals surface area contributed by atoms with Crippen molar-refractivity contribution in [1.29, 1.82) is 0 Å². The van der Waals surface area contributed by atoms with E-state index in [1.807, 2.05) is 12.2 Å². The number of aliphatic hydroxyl groups excluding tert-OH is 4. The lowest BCUT2D eigenvalue weighted by Gasteiger charge is -2.20. The van der Waals surface area contributed by atoms with Gasteiger partial charge in [0.15, 0.2) is 0 Å². The number of amides is 1. The van der Waals surface area contributed by atoms with E-state index in [4.69, 9.17) is 0 Å². The number of hydrogen-bond acceptors (Lipinski definition) is 6. The molecule has 0 saturated heterocycles. The maximum atomic E-state index is 12.4. The van der Waals surface area contributed by atoms with Crippen LogP contribution in [-0.2, 0) is 9.59 Å². The molecule has 0 aromatic heterocycles. The number of Topliss-reactive ketones (excluding diaryl/α,β-unsaturated/α-hetero) is 1. The molecule has 0 aromatic carbocycles. The summed E-state index contributed by atoms with van der Waals surface area (Å²) in [6.07, 6.45) is 27.3. The third-order valence-electron chi connectivity index (χ3n) is 9.09. The van der Waals surface area contributed by atoms with Crippen LogP contribution in [0.1, 0.15) is 155 Å². The van der Waals surface area contributed by atoms with Crippen LogP contribution in [0.25, 0.3) is 0 Å². The average molecular weight is 622 g/mol. The highest BCUT2D eigenvalue weighted by Crippen LogP contribution is 2.34. The van der Waals surface area contributed by atoms with Gasteiger partial charge in [-0.1, -0.05) is 134 Å². The molecule has 0 radical (unpaired) electrons. The van der Waals surface area contributed by atoms with Gasteiger partial charge in [-0.25, -0.2) is 0 Å². The molecule has 5 N–H and O–H groups in total. The van der Waals surface area contributed by atoms with Gasteiger partial charge in [0, 0.05) is 18.8 Å². The highest BCUT2D eigenvalue weighted by Gasteiger charge is 2.39. The summed E-state index contributed by atoms with van der Waals surface area (Å²) in [7, 11) is 0. The predicted octanol–water partition coefficient (Wildman–Crippen LogP) is 7.10. The quantitative estimate of drug-likeness (QED) is 0.0469. The second-order valence-corrected chi connectivity index (χ2v) is 13.1. The van der Waals surface area contributed by atoms with Crippen molar-refractivity contribution in [3.05, 3.63) is 24.3 Å². The lowest BCUT2D eigenvalue weighted by molar-refractivity contribution is -0.123. The van der Waals surface area contributed by atoms with Crippen molar-refractivity contribution in [2.24, 2.45) is 11.8 Å². The molecule has 1 fully saturated rings. The molecule has 1 aliphatic rings. The lowest BCUT2D eigenvalue weighted by atomic mass is 9.88. The Labute approximate surface area is 269 Å². The summed E-state index contributed by atoms with van der Waals surface area (Å²) >= 11 is 0. The Balaban J connectivity index is 2.20. The molecule has 0 heterocycles. The molecule has 6 atom stereocenters. The Bertz CT molecular complexity index is 784. The fraction of sp³-hybridized carbons (Fsp3) is 0.838. The van der Waals surface area contributed by atoms with Crippen molar-refractivity contribution in [1.82, 2.24) is 5.32 Å². The van der Waals surface area contributed by atoms with Crippen LogP contribution in [0.3, 0.4) is 0 Å². The Morgan fingerprint density at radius 2 is 1.43 bits per heavy atom. The minimum absolute atomic E-state index is 0.0467. The maximum absolute atomic E-state index is 12.4. The van der Waals surface area contributed by atoms with Crippen LogP contribution in [0.4, 0.5) is 0 Å². The first kappa shape index (κ1) is 40.5. The zero-order valence-corrected chi connectivity index (χ0v) is 28.1. The van der Waals surface area contributed by atoms with Gasteiger partial charge in [0.05, 0.1) is 31.0 Å². The highest BCUT2D eigenvalue weighted by atomic mass is 16.3. The molecule has 0 bridgehead atoms. The molecule has 1 saturated carbocycles. The van der Waals surface area contributed by atoms with Gasteiger partial charge in [-0.05, 0) is 38.0 Å². The predicted molar refractivity (Wildman–Crippen MR) is 180 cm³/mol. The normalized spacial score (nSPS) is 21.0. The number of carbonyl (C=O) groups excluding carboxylic acids is 2. The second-order valence-electron chi connectivity index (χ2n) is 13.1. The first-order valence-corrected chi connectivity index (χ1v) is 18.2. The largest absolute Gasteiger partial charge is 0.394 e. The number of rotatable bonds is 28. The summed E-state index contributed by atoms with van der Waals surface area (Å²) < 4.78 is 0. The molecule has 0 aliphatic heterocycles. The van der Waals surface area contributed by atoms with E-state index in [1.54, 1.807) is 12.2 Å². The number of aliphatic hydroxyl groups is 4. The van der Waals surface area contributed by atoms with Gasteiger partial charge in [-0.15, -0.1) is 0 Å². The van der Waals surface area contributed by atoms with Crippen LogP contribution in [-0.4, -0.2) is 63.1 Å². The van der Waals surface area contributed by atoms with Gasteiger partial charge < -0.3 is 25.7 Å². The SMILES string of the molecule is CCCCCCCCCCCC/C=C/[C@@H](O)[C@H](CO)NC(=O)CCCCCC[C@H]1[C@@H](O)CC(=O)[C@@H]1/C=C/[C@@H](O)CCCCC. The van der Waals surface area contributed by atoms with Gasteiger partial charge in [-0.2, -0.15) is 0 Å². The number of allylic oxidation sites excluding steroid dienone is 2. The van der Waals surface area contributed by atoms with Crippen LogP contribution in [0.5, 0.6) is 0 Å². The molecule has 0 spiro atoms. The van der Waals surface area contributed by atoms with Crippen molar-refractivity contribution in [2.45, 2.75) is 179 Å². The third-order valence-corrected chi connectivity index (χ3v) is 9.09. The summed E-state index contributed by atoms with van der Waals surface area (Å²) in [5.41, 5.74) is 0. The van der Waals surface area contributed by atoms with Crippen LogP contribution < -0.4 is 5.32 Å². The third kappa shape index (κ3) is 19.1. The number of unbranched alkanes of at least 4 members (excludes halogenated alkanes) is 15. The van der Waals surface area contributed by atoms with Crippen LogP contribution in [0.2, 0.25) is 0 Å². The number of carbonyl (C=O) groups is 2. The van der Waals surface area contributed by atoms with E-state index >= 15 is 0 Å². The monoisotopic (exact) mass is 621 g/mol. The standard InChI is InChI=1S/C37H67NO6/c1-3-5-7-8-9-10-11-12-13-14-15-20-24-34(41)33(29-39)38-37(44)25-21-17-16-19-23-31-32(36(43)28-35(31)42)27-26-30(40)22-18-6-4-2/h20,24,26-27,30-35,39-42H,3-19,21-23,25,28-29H2,1-2H3,(H,38,44)/b24-20+,27-26+/t30-,31+,32+,33-,34+,35-/m0/s1. The zero-order chi connectivity index (χ0) is 32.4. The smallest absolute Gasteiger partial charge is 0.220 e. The van der Waals surface area contributed by atoms with E-state index in [0.29, 0.717) is 19.3 Å². The van der Waals surface area contributed by atoms with E-state index in [9.17, 15) is 30.0 Å². The van der Waals surface area contributed by atoms with E-state index in [2.05, 4.69) is 19.2 Å². The van der Waals surface area contributed by atoms with Crippen LogP contribution in [0.15, 0.2) is 24.3 Å². The minimum Gasteiger partial charge on any atom is -0.394 e. The van der Waals surface area contributed by atoms with E-state index in [-0.39, 0.29) is 36.6 Å². The first-order valence-electron chi connectivity index (χ1n) is 18.2. The Morgan fingerprint density at radius 3 is 2.09 bits per heavy atom. The number of nitrogens with one attached hydrogen (secondary N) is 1. The molecule has 0 unspecified atom stereocenters. The van der Waals surface area contributed by atoms with E-state index in [1.165, 1.54) is 57.8 Å². The van der Waals surface area contributed by atoms with E-state index < -0.39 is 24.4 Å². The maximum Gasteiger partial charge on any atom is 0.220 e. The van der Waals surface area contributed by atoms with Crippen molar-refractivity contribution in [3.63, 3.8) is 0 Å². The van der Waals surface area contributed by atoms with Crippen molar-refractivity contribution in [3.8, 4) is 0 Å². The Morgan fingerprint density at radius 1 is 0.841 bits per heavy atom. The fourth-order valence-corrected chi connectivity index (χ4v) is 6.20. The Kier molecular flexibility index (Phi) is 24.5. The van der Waals surface area contributed by atoms with E-state index in [0.717, 1.165) is 57.8 Å². The van der Waals surface area contributed by atoms with Crippen molar-refractivity contribution < 1.29 is 30.0 Å². The molecule has 1 rings (SSSR count). The molecule has 7 nitrogen and oxygen atoms in total. The van der Waals surface area contributed by atoms with Gasteiger partial charge in [0.1, 0.15) is 5.78 Å².